The summed E-state index contributed by atoms with van der Waals surface area (Å²) in [7, 11) is 1.58. The molecule has 2 amide bonds. The Kier molecular flexibility index (Phi) is 5.95. The van der Waals surface area contributed by atoms with Gasteiger partial charge in [0.05, 0.1) is 13.7 Å². The molecule has 4 rings (SSSR count). The Morgan fingerprint density at radius 2 is 1.81 bits per heavy atom. The van der Waals surface area contributed by atoms with Gasteiger partial charge in [-0.2, -0.15) is 0 Å². The van der Waals surface area contributed by atoms with Gasteiger partial charge in [0.2, 0.25) is 5.91 Å². The highest BCUT2D eigenvalue weighted by Gasteiger charge is 2.26. The third-order valence-electron chi connectivity index (χ3n) is 5.84. The van der Waals surface area contributed by atoms with Crippen LogP contribution in [0.15, 0.2) is 46.9 Å². The highest BCUT2D eigenvalue weighted by atomic mass is 16.5. The summed E-state index contributed by atoms with van der Waals surface area (Å²) >= 11 is 0. The van der Waals surface area contributed by atoms with Gasteiger partial charge in [-0.15, -0.1) is 0 Å². The molecule has 1 aromatic heterocycles. The molecule has 1 N–H and O–H groups in total. The molecule has 31 heavy (non-hydrogen) atoms. The lowest BCUT2D eigenvalue weighted by Crippen LogP contribution is -2.50. The van der Waals surface area contributed by atoms with Gasteiger partial charge in [0.25, 0.3) is 5.91 Å². The number of carbonyl (C=O) groups excluding carboxylic acids is 2. The standard InChI is InChI=1S/C24H27N3O4/c1-16-6-4-8-19(17(16)2)25-22(28)15-26-10-12-27(13-11-26)24(29)21-14-18-7-5-9-20(30-3)23(18)31-21/h4-9,14H,10-13,15H2,1-3H3,(H,25,28). The molecule has 0 radical (unpaired) electrons. The zero-order valence-corrected chi connectivity index (χ0v) is 18.1. The van der Waals surface area contributed by atoms with E-state index in [0.29, 0.717) is 49.8 Å². The lowest BCUT2D eigenvalue weighted by molar-refractivity contribution is -0.117. The molecule has 2 aromatic carbocycles. The van der Waals surface area contributed by atoms with Crippen molar-refractivity contribution in [2.75, 3.05) is 45.2 Å². The number of fused-ring (bicyclic) bond motifs is 1. The fourth-order valence-electron chi connectivity index (χ4n) is 3.85. The maximum Gasteiger partial charge on any atom is 0.289 e. The maximum absolute atomic E-state index is 12.9. The minimum atomic E-state index is -0.141. The van der Waals surface area contributed by atoms with E-state index in [4.69, 9.17) is 9.15 Å². The second-order valence-electron chi connectivity index (χ2n) is 7.85. The van der Waals surface area contributed by atoms with Crippen LogP contribution in [-0.2, 0) is 4.79 Å². The summed E-state index contributed by atoms with van der Waals surface area (Å²) in [6.45, 7) is 6.69. The van der Waals surface area contributed by atoms with Gasteiger partial charge in [0.1, 0.15) is 0 Å². The number of carbonyl (C=O) groups is 2. The predicted octanol–water partition coefficient (Wildman–Crippen LogP) is 3.45. The number of benzene rings is 2. The van der Waals surface area contributed by atoms with Crippen molar-refractivity contribution in [2.45, 2.75) is 13.8 Å². The largest absolute Gasteiger partial charge is 0.493 e. The first-order chi connectivity index (χ1) is 15.0. The van der Waals surface area contributed by atoms with Crippen molar-refractivity contribution in [2.24, 2.45) is 0 Å². The summed E-state index contributed by atoms with van der Waals surface area (Å²) in [6.07, 6.45) is 0. The molecule has 7 heteroatoms. The van der Waals surface area contributed by atoms with Crippen molar-refractivity contribution in [1.29, 1.82) is 0 Å². The molecular weight excluding hydrogens is 394 g/mol. The first kappa shape index (κ1) is 20.9. The molecule has 0 bridgehead atoms. The van der Waals surface area contributed by atoms with E-state index in [1.54, 1.807) is 18.1 Å². The van der Waals surface area contributed by atoms with Crippen molar-refractivity contribution in [3.05, 3.63) is 59.4 Å². The monoisotopic (exact) mass is 421 g/mol. The summed E-state index contributed by atoms with van der Waals surface area (Å²) in [5, 5.41) is 3.83. The number of ether oxygens (including phenoxy) is 1. The van der Waals surface area contributed by atoms with Crippen LogP contribution in [-0.4, -0.2) is 61.4 Å². The summed E-state index contributed by atoms with van der Waals surface area (Å²) in [5.41, 5.74) is 3.65. The van der Waals surface area contributed by atoms with Gasteiger partial charge < -0.3 is 19.4 Å². The Morgan fingerprint density at radius 1 is 1.06 bits per heavy atom. The topological polar surface area (TPSA) is 75.0 Å². The molecule has 3 aromatic rings. The van der Waals surface area contributed by atoms with Crippen LogP contribution in [0.2, 0.25) is 0 Å². The Hall–Kier alpha value is -3.32. The molecular formula is C24H27N3O4. The number of piperazine rings is 1. The number of hydrogen-bond acceptors (Lipinski definition) is 5. The van der Waals surface area contributed by atoms with Crippen LogP contribution < -0.4 is 10.1 Å². The Balaban J connectivity index is 1.33. The summed E-state index contributed by atoms with van der Waals surface area (Å²) in [4.78, 5) is 29.2. The molecule has 1 aliphatic rings. The molecule has 162 valence electrons. The van der Waals surface area contributed by atoms with Crippen molar-refractivity contribution in [1.82, 2.24) is 9.80 Å². The van der Waals surface area contributed by atoms with E-state index in [1.165, 1.54) is 0 Å². The number of rotatable bonds is 5. The van der Waals surface area contributed by atoms with E-state index in [1.807, 2.05) is 50.2 Å². The number of aryl methyl sites for hydroxylation is 1. The number of nitrogens with zero attached hydrogens (tertiary/aromatic N) is 2. The lowest BCUT2D eigenvalue weighted by atomic mass is 10.1. The van der Waals surface area contributed by atoms with Crippen LogP contribution in [0.25, 0.3) is 11.0 Å². The zero-order chi connectivity index (χ0) is 22.0. The molecule has 2 heterocycles. The van der Waals surface area contributed by atoms with E-state index >= 15 is 0 Å². The highest BCUT2D eigenvalue weighted by Crippen LogP contribution is 2.29. The Bertz CT molecular complexity index is 1110. The molecule has 0 saturated carbocycles. The van der Waals surface area contributed by atoms with Gasteiger partial charge >= 0.3 is 0 Å². The number of furan rings is 1. The summed E-state index contributed by atoms with van der Waals surface area (Å²) in [6, 6.07) is 13.2. The third-order valence-corrected chi connectivity index (χ3v) is 5.84. The van der Waals surface area contributed by atoms with Crippen molar-refractivity contribution >= 4 is 28.5 Å². The number of amides is 2. The van der Waals surface area contributed by atoms with Crippen LogP contribution >= 0.6 is 0 Å². The van der Waals surface area contributed by atoms with Crippen LogP contribution in [0.5, 0.6) is 5.75 Å². The van der Waals surface area contributed by atoms with E-state index in [0.717, 1.165) is 22.2 Å². The van der Waals surface area contributed by atoms with Gasteiger partial charge in [-0.25, -0.2) is 0 Å². The second kappa shape index (κ2) is 8.81. The van der Waals surface area contributed by atoms with E-state index in [-0.39, 0.29) is 11.8 Å². The van der Waals surface area contributed by atoms with Gasteiger partial charge in [-0.3, -0.25) is 14.5 Å². The third kappa shape index (κ3) is 4.41. The van der Waals surface area contributed by atoms with E-state index in [9.17, 15) is 9.59 Å². The highest BCUT2D eigenvalue weighted by molar-refractivity contribution is 5.97. The average Bonchev–Trinajstić information content (AvgIpc) is 3.21. The molecule has 1 fully saturated rings. The second-order valence-corrected chi connectivity index (χ2v) is 7.85. The average molecular weight is 421 g/mol. The molecule has 1 aliphatic heterocycles. The van der Waals surface area contributed by atoms with Crippen molar-refractivity contribution in [3.8, 4) is 5.75 Å². The van der Waals surface area contributed by atoms with Crippen LogP contribution in [0.1, 0.15) is 21.7 Å². The van der Waals surface area contributed by atoms with Gasteiger partial charge in [-0.05, 0) is 43.2 Å². The fourth-order valence-corrected chi connectivity index (χ4v) is 3.85. The van der Waals surface area contributed by atoms with Gasteiger partial charge in [-0.1, -0.05) is 24.3 Å². The molecule has 0 spiro atoms. The van der Waals surface area contributed by atoms with E-state index in [2.05, 4.69) is 10.2 Å². The first-order valence-electron chi connectivity index (χ1n) is 10.4. The van der Waals surface area contributed by atoms with Crippen LogP contribution in [0, 0.1) is 13.8 Å². The van der Waals surface area contributed by atoms with Gasteiger partial charge in [0, 0.05) is 37.3 Å². The summed E-state index contributed by atoms with van der Waals surface area (Å²) in [5.74, 6) is 0.729. The molecule has 1 saturated heterocycles. The maximum atomic E-state index is 12.9. The smallest absolute Gasteiger partial charge is 0.289 e. The lowest BCUT2D eigenvalue weighted by Gasteiger charge is -2.33. The Morgan fingerprint density at radius 3 is 2.55 bits per heavy atom. The fraction of sp³-hybridized carbons (Fsp3) is 0.333. The molecule has 0 unspecified atom stereocenters. The molecule has 7 nitrogen and oxygen atoms in total. The predicted molar refractivity (Wildman–Crippen MR) is 120 cm³/mol. The summed E-state index contributed by atoms with van der Waals surface area (Å²) < 4.78 is 11.1. The van der Waals surface area contributed by atoms with E-state index < -0.39 is 0 Å². The first-order valence-corrected chi connectivity index (χ1v) is 10.4. The number of nitrogens with one attached hydrogen (secondary N) is 1. The Labute approximate surface area is 181 Å². The number of methoxy groups -OCH3 is 1. The minimum Gasteiger partial charge on any atom is -0.493 e. The zero-order valence-electron chi connectivity index (χ0n) is 18.1. The quantitative estimate of drug-likeness (QED) is 0.683. The van der Waals surface area contributed by atoms with Crippen molar-refractivity contribution in [3.63, 3.8) is 0 Å². The number of para-hydroxylation sites is 1. The molecule has 0 aliphatic carbocycles. The number of hydrogen-bond donors (Lipinski definition) is 1. The van der Waals surface area contributed by atoms with Gasteiger partial charge in [0.15, 0.2) is 17.1 Å². The van der Waals surface area contributed by atoms with Crippen LogP contribution in [0.3, 0.4) is 0 Å². The molecule has 0 atom stereocenters. The van der Waals surface area contributed by atoms with Crippen molar-refractivity contribution < 1.29 is 18.7 Å². The van der Waals surface area contributed by atoms with Crippen LogP contribution in [0.4, 0.5) is 5.69 Å². The SMILES string of the molecule is COc1cccc2cc(C(=O)N3CCN(CC(=O)Nc4cccc(C)c4C)CC3)oc12. The minimum absolute atomic E-state index is 0.0437. The number of anilines is 1. The normalized spacial score (nSPS) is 14.6.